The molecule has 2 heterocycles. The predicted molar refractivity (Wildman–Crippen MR) is 95.2 cm³/mol. The highest BCUT2D eigenvalue weighted by atomic mass is 16.4. The molecule has 0 bridgehead atoms. The number of furan rings is 2. The number of carboxylic acid groups (broad SMARTS) is 1. The smallest absolute Gasteiger partial charge is 0.336 e. The van der Waals surface area contributed by atoms with Crippen LogP contribution in [0.25, 0.3) is 17.4 Å². The van der Waals surface area contributed by atoms with Crippen molar-refractivity contribution in [3.8, 4) is 17.4 Å². The summed E-state index contributed by atoms with van der Waals surface area (Å²) in [6.07, 6.45) is 2.78. The third-order valence-corrected chi connectivity index (χ3v) is 3.70. The number of hydrogen-bond donors (Lipinski definition) is 2. The van der Waals surface area contributed by atoms with Crippen LogP contribution < -0.4 is 5.32 Å². The Bertz CT molecular complexity index is 1040. The first kappa shape index (κ1) is 17.8. The summed E-state index contributed by atoms with van der Waals surface area (Å²) in [5.74, 6) is -0.500. The molecule has 7 nitrogen and oxygen atoms in total. The summed E-state index contributed by atoms with van der Waals surface area (Å²) in [5, 5.41) is 21.1. The number of carbonyl (C=O) groups is 2. The third-order valence-electron chi connectivity index (χ3n) is 3.70. The molecule has 0 saturated carbocycles. The van der Waals surface area contributed by atoms with Gasteiger partial charge in [0.15, 0.2) is 0 Å². The van der Waals surface area contributed by atoms with Crippen LogP contribution in [0.2, 0.25) is 0 Å². The molecule has 0 fully saturated rings. The molecule has 7 heteroatoms. The van der Waals surface area contributed by atoms with Gasteiger partial charge in [0.25, 0.3) is 5.91 Å². The summed E-state index contributed by atoms with van der Waals surface area (Å²) in [4.78, 5) is 23.5. The highest BCUT2D eigenvalue weighted by Crippen LogP contribution is 2.26. The van der Waals surface area contributed by atoms with Crippen LogP contribution in [0.4, 0.5) is 0 Å². The lowest BCUT2D eigenvalue weighted by Gasteiger charge is -2.02. The highest BCUT2D eigenvalue weighted by Gasteiger charge is 2.15. The van der Waals surface area contributed by atoms with E-state index in [2.05, 4.69) is 5.32 Å². The minimum atomic E-state index is -1.07. The third kappa shape index (κ3) is 4.14. The number of carboxylic acids is 1. The SMILES string of the molecule is N#CC(=Cc1ccc(-c2ccccc2C(=O)O)o1)C(=O)NCc1ccco1. The van der Waals surface area contributed by atoms with Gasteiger partial charge in [-0.15, -0.1) is 0 Å². The largest absolute Gasteiger partial charge is 0.478 e. The van der Waals surface area contributed by atoms with E-state index in [0.717, 1.165) is 0 Å². The van der Waals surface area contributed by atoms with Crippen LogP contribution in [0, 0.1) is 11.3 Å². The van der Waals surface area contributed by atoms with Crippen molar-refractivity contribution in [2.24, 2.45) is 0 Å². The van der Waals surface area contributed by atoms with E-state index < -0.39 is 11.9 Å². The van der Waals surface area contributed by atoms with E-state index in [4.69, 9.17) is 8.83 Å². The van der Waals surface area contributed by atoms with Crippen molar-refractivity contribution in [2.45, 2.75) is 6.54 Å². The zero-order chi connectivity index (χ0) is 19.2. The summed E-state index contributed by atoms with van der Waals surface area (Å²) < 4.78 is 10.7. The van der Waals surface area contributed by atoms with Crippen LogP contribution in [0.15, 0.2) is 69.2 Å². The van der Waals surface area contributed by atoms with Crippen LogP contribution >= 0.6 is 0 Å². The van der Waals surface area contributed by atoms with E-state index >= 15 is 0 Å². The van der Waals surface area contributed by atoms with Crippen molar-refractivity contribution in [2.75, 3.05) is 0 Å². The van der Waals surface area contributed by atoms with Gasteiger partial charge in [0.05, 0.1) is 18.4 Å². The minimum absolute atomic E-state index is 0.0964. The standard InChI is InChI=1S/C20H14N2O5/c21-11-13(19(23)22-12-15-4-3-9-26-15)10-14-7-8-18(27-14)16-5-1-2-6-17(16)20(24)25/h1-10H,12H2,(H,22,23)(H,24,25). The first-order valence-corrected chi connectivity index (χ1v) is 7.93. The fourth-order valence-electron chi connectivity index (χ4n) is 2.43. The number of carbonyl (C=O) groups excluding carboxylic acids is 1. The Morgan fingerprint density at radius 1 is 1.15 bits per heavy atom. The maximum Gasteiger partial charge on any atom is 0.336 e. The Labute approximate surface area is 154 Å². The Kier molecular flexibility index (Phi) is 5.19. The average Bonchev–Trinajstić information content (AvgIpc) is 3.36. The molecule has 0 saturated heterocycles. The molecule has 27 heavy (non-hydrogen) atoms. The molecule has 1 aromatic carbocycles. The number of nitriles is 1. The molecule has 0 aliphatic carbocycles. The van der Waals surface area contributed by atoms with Crippen molar-refractivity contribution in [3.05, 3.63) is 77.5 Å². The van der Waals surface area contributed by atoms with Gasteiger partial charge in [0, 0.05) is 11.6 Å². The monoisotopic (exact) mass is 362 g/mol. The van der Waals surface area contributed by atoms with E-state index in [0.29, 0.717) is 17.1 Å². The van der Waals surface area contributed by atoms with Crippen molar-refractivity contribution in [3.63, 3.8) is 0 Å². The molecule has 1 amide bonds. The first-order valence-electron chi connectivity index (χ1n) is 7.93. The van der Waals surface area contributed by atoms with Crippen LogP contribution in [-0.2, 0) is 11.3 Å². The Morgan fingerprint density at radius 3 is 2.67 bits per heavy atom. The molecule has 134 valence electrons. The molecule has 0 radical (unpaired) electrons. The Morgan fingerprint density at radius 2 is 1.96 bits per heavy atom. The van der Waals surface area contributed by atoms with Crippen molar-refractivity contribution in [1.29, 1.82) is 5.26 Å². The molecule has 3 aromatic rings. The van der Waals surface area contributed by atoms with E-state index in [-0.39, 0.29) is 23.4 Å². The van der Waals surface area contributed by atoms with Crippen LogP contribution in [0.3, 0.4) is 0 Å². The van der Waals surface area contributed by atoms with Crippen molar-refractivity contribution >= 4 is 18.0 Å². The van der Waals surface area contributed by atoms with E-state index in [9.17, 15) is 20.0 Å². The summed E-state index contributed by atoms with van der Waals surface area (Å²) >= 11 is 0. The lowest BCUT2D eigenvalue weighted by atomic mass is 10.1. The van der Waals surface area contributed by atoms with Gasteiger partial charge in [-0.25, -0.2) is 4.79 Å². The fourth-order valence-corrected chi connectivity index (χ4v) is 2.43. The zero-order valence-electron chi connectivity index (χ0n) is 14.0. The Hall–Kier alpha value is -4.05. The predicted octanol–water partition coefficient (Wildman–Crippen LogP) is 3.46. The lowest BCUT2D eigenvalue weighted by molar-refractivity contribution is -0.117. The van der Waals surface area contributed by atoms with Crippen molar-refractivity contribution in [1.82, 2.24) is 5.32 Å². The first-order chi connectivity index (χ1) is 13.1. The number of hydrogen-bond acceptors (Lipinski definition) is 5. The number of nitrogens with one attached hydrogen (secondary N) is 1. The molecular weight excluding hydrogens is 348 g/mol. The molecule has 0 aliphatic heterocycles. The number of aromatic carboxylic acids is 1. The zero-order valence-corrected chi connectivity index (χ0v) is 14.0. The van der Waals surface area contributed by atoms with Gasteiger partial charge in [-0.05, 0) is 30.3 Å². The van der Waals surface area contributed by atoms with Gasteiger partial charge in [-0.2, -0.15) is 5.26 Å². The maximum atomic E-state index is 12.1. The van der Waals surface area contributed by atoms with Gasteiger partial charge < -0.3 is 19.3 Å². The van der Waals surface area contributed by atoms with E-state index in [1.807, 2.05) is 6.07 Å². The molecule has 2 N–H and O–H groups in total. The summed E-state index contributed by atoms with van der Waals surface area (Å²) in [6.45, 7) is 0.153. The maximum absolute atomic E-state index is 12.1. The topological polar surface area (TPSA) is 116 Å². The van der Waals surface area contributed by atoms with Gasteiger partial charge >= 0.3 is 5.97 Å². The van der Waals surface area contributed by atoms with Crippen LogP contribution in [0.1, 0.15) is 21.9 Å². The summed E-state index contributed by atoms with van der Waals surface area (Å²) in [5.41, 5.74) is 0.360. The normalized spacial score (nSPS) is 11.0. The van der Waals surface area contributed by atoms with E-state index in [1.165, 1.54) is 18.4 Å². The summed E-state index contributed by atoms with van der Waals surface area (Å²) in [7, 11) is 0. The highest BCUT2D eigenvalue weighted by molar-refractivity contribution is 6.01. The number of rotatable bonds is 6. The molecule has 0 spiro atoms. The second-order valence-corrected chi connectivity index (χ2v) is 5.48. The second-order valence-electron chi connectivity index (χ2n) is 5.48. The molecule has 3 rings (SSSR count). The molecule has 0 aliphatic rings. The number of amides is 1. The van der Waals surface area contributed by atoms with E-state index in [1.54, 1.807) is 42.5 Å². The number of benzene rings is 1. The molecule has 0 atom stereocenters. The lowest BCUT2D eigenvalue weighted by Crippen LogP contribution is -2.23. The quantitative estimate of drug-likeness (QED) is 0.512. The molecule has 0 unspecified atom stereocenters. The van der Waals surface area contributed by atoms with Gasteiger partial charge in [0.2, 0.25) is 0 Å². The molecular formula is C20H14N2O5. The van der Waals surface area contributed by atoms with Gasteiger partial charge in [-0.3, -0.25) is 4.79 Å². The van der Waals surface area contributed by atoms with Crippen molar-refractivity contribution < 1.29 is 23.5 Å². The minimum Gasteiger partial charge on any atom is -0.478 e. The number of nitrogens with zero attached hydrogens (tertiary/aromatic N) is 1. The second kappa shape index (κ2) is 7.89. The summed E-state index contributed by atoms with van der Waals surface area (Å²) in [6, 6.07) is 14.8. The Balaban J connectivity index is 1.80. The van der Waals surface area contributed by atoms with Gasteiger partial charge in [-0.1, -0.05) is 18.2 Å². The fraction of sp³-hybridized carbons (Fsp3) is 0.0500. The molecule has 2 aromatic heterocycles. The average molecular weight is 362 g/mol. The van der Waals surface area contributed by atoms with Crippen LogP contribution in [0.5, 0.6) is 0 Å². The van der Waals surface area contributed by atoms with Crippen LogP contribution in [-0.4, -0.2) is 17.0 Å². The van der Waals surface area contributed by atoms with Gasteiger partial charge in [0.1, 0.15) is 28.9 Å².